The van der Waals surface area contributed by atoms with Crippen molar-refractivity contribution in [3.63, 3.8) is 0 Å². The Morgan fingerprint density at radius 2 is 2.11 bits per heavy atom. The predicted molar refractivity (Wildman–Crippen MR) is 76.0 cm³/mol. The fourth-order valence-corrected chi connectivity index (χ4v) is 2.56. The predicted octanol–water partition coefficient (Wildman–Crippen LogP) is 2.40. The summed E-state index contributed by atoms with van der Waals surface area (Å²) in [5, 5.41) is 15.1. The Balaban J connectivity index is 2.10. The molecule has 5 nitrogen and oxygen atoms in total. The maximum Gasteiger partial charge on any atom is 0.0644 e. The van der Waals surface area contributed by atoms with Gasteiger partial charge in [0.05, 0.1) is 11.9 Å². The largest absolute Gasteiger partial charge is 0.306 e. The summed E-state index contributed by atoms with van der Waals surface area (Å²) in [4.78, 5) is 0. The van der Waals surface area contributed by atoms with E-state index in [4.69, 9.17) is 0 Å². The van der Waals surface area contributed by atoms with E-state index in [-0.39, 0.29) is 6.04 Å². The topological polar surface area (TPSA) is 58.5 Å². The van der Waals surface area contributed by atoms with Crippen molar-refractivity contribution < 1.29 is 0 Å². The molecular formula is C14H23N5. The second-order valence-electron chi connectivity index (χ2n) is 5.02. The van der Waals surface area contributed by atoms with Gasteiger partial charge in [0.2, 0.25) is 0 Å². The molecule has 1 unspecified atom stereocenters. The Morgan fingerprint density at radius 1 is 1.37 bits per heavy atom. The van der Waals surface area contributed by atoms with Crippen LogP contribution >= 0.6 is 0 Å². The van der Waals surface area contributed by atoms with Gasteiger partial charge in [0.1, 0.15) is 0 Å². The highest BCUT2D eigenvalue weighted by Gasteiger charge is 2.16. The summed E-state index contributed by atoms with van der Waals surface area (Å²) in [6, 6.07) is 0.287. The number of aromatic nitrogens is 4. The molecule has 0 aromatic carbocycles. The van der Waals surface area contributed by atoms with Crippen LogP contribution in [0, 0.1) is 20.8 Å². The van der Waals surface area contributed by atoms with E-state index in [0.29, 0.717) is 0 Å². The first-order chi connectivity index (χ1) is 9.04. The van der Waals surface area contributed by atoms with Crippen molar-refractivity contribution in [1.29, 1.82) is 0 Å². The summed E-state index contributed by atoms with van der Waals surface area (Å²) >= 11 is 0. The normalized spacial score (nSPS) is 12.9. The third kappa shape index (κ3) is 2.71. The number of H-pyrrole nitrogens is 1. The maximum absolute atomic E-state index is 4.57. The zero-order chi connectivity index (χ0) is 14.0. The third-order valence-electron chi connectivity index (χ3n) is 3.70. The van der Waals surface area contributed by atoms with E-state index < -0.39 is 0 Å². The zero-order valence-corrected chi connectivity index (χ0v) is 12.4. The number of rotatable bonds is 5. The van der Waals surface area contributed by atoms with Crippen LogP contribution in [0.4, 0.5) is 0 Å². The molecule has 2 heterocycles. The number of nitrogens with zero attached hydrogens (tertiary/aromatic N) is 3. The first-order valence-corrected chi connectivity index (χ1v) is 6.80. The zero-order valence-electron chi connectivity index (χ0n) is 12.4. The van der Waals surface area contributed by atoms with Crippen LogP contribution in [0.1, 0.15) is 48.1 Å². The molecule has 0 fully saturated rings. The van der Waals surface area contributed by atoms with E-state index in [1.54, 1.807) is 0 Å². The van der Waals surface area contributed by atoms with E-state index >= 15 is 0 Å². The molecule has 0 saturated carbocycles. The number of aromatic amines is 1. The smallest absolute Gasteiger partial charge is 0.0644 e. The Kier molecular flexibility index (Phi) is 4.04. The van der Waals surface area contributed by atoms with Crippen LogP contribution in [0.3, 0.4) is 0 Å². The number of hydrogen-bond donors (Lipinski definition) is 2. The molecule has 104 valence electrons. The third-order valence-corrected chi connectivity index (χ3v) is 3.70. The fraction of sp³-hybridized carbons (Fsp3) is 0.571. The van der Waals surface area contributed by atoms with Crippen LogP contribution < -0.4 is 5.32 Å². The van der Waals surface area contributed by atoms with Crippen LogP contribution in [0.2, 0.25) is 0 Å². The highest BCUT2D eigenvalue weighted by atomic mass is 15.3. The van der Waals surface area contributed by atoms with Gasteiger partial charge in [0.15, 0.2) is 0 Å². The molecule has 2 aromatic rings. The van der Waals surface area contributed by atoms with E-state index in [1.165, 1.54) is 16.8 Å². The van der Waals surface area contributed by atoms with E-state index in [0.717, 1.165) is 24.5 Å². The van der Waals surface area contributed by atoms with Crippen molar-refractivity contribution in [2.24, 2.45) is 0 Å². The minimum atomic E-state index is 0.287. The van der Waals surface area contributed by atoms with Crippen molar-refractivity contribution in [3.8, 4) is 0 Å². The van der Waals surface area contributed by atoms with Crippen LogP contribution in [-0.4, -0.2) is 20.0 Å². The summed E-state index contributed by atoms with van der Waals surface area (Å²) in [6.45, 7) is 12.3. The summed E-state index contributed by atoms with van der Waals surface area (Å²) in [5.74, 6) is 0. The van der Waals surface area contributed by atoms with Gasteiger partial charge in [-0.2, -0.15) is 10.2 Å². The van der Waals surface area contributed by atoms with Gasteiger partial charge < -0.3 is 5.32 Å². The van der Waals surface area contributed by atoms with Crippen molar-refractivity contribution in [2.75, 3.05) is 0 Å². The monoisotopic (exact) mass is 261 g/mol. The highest BCUT2D eigenvalue weighted by Crippen LogP contribution is 2.21. The summed E-state index contributed by atoms with van der Waals surface area (Å²) < 4.78 is 2.06. The lowest BCUT2D eigenvalue weighted by atomic mass is 10.1. The molecule has 0 spiro atoms. The average Bonchev–Trinajstić information content (AvgIpc) is 2.90. The number of aryl methyl sites for hydroxylation is 3. The van der Waals surface area contributed by atoms with Crippen LogP contribution in [0.5, 0.6) is 0 Å². The summed E-state index contributed by atoms with van der Waals surface area (Å²) in [6.07, 6.45) is 1.88. The van der Waals surface area contributed by atoms with Crippen LogP contribution in [0.25, 0.3) is 0 Å². The lowest BCUT2D eigenvalue weighted by Crippen LogP contribution is -2.19. The van der Waals surface area contributed by atoms with Crippen molar-refractivity contribution >= 4 is 0 Å². The maximum atomic E-state index is 4.57. The molecule has 1 atom stereocenters. The first kappa shape index (κ1) is 13.8. The Labute approximate surface area is 114 Å². The van der Waals surface area contributed by atoms with Gasteiger partial charge in [-0.15, -0.1) is 0 Å². The molecule has 5 heteroatoms. The minimum absolute atomic E-state index is 0.287. The SMILES string of the molecule is CCn1nc(C)c(C(C)NCc2cn[nH]c2C)c1C. The number of nitrogens with one attached hydrogen (secondary N) is 2. The Morgan fingerprint density at radius 3 is 2.63 bits per heavy atom. The van der Waals surface area contributed by atoms with E-state index in [1.807, 2.05) is 13.1 Å². The second kappa shape index (κ2) is 5.57. The van der Waals surface area contributed by atoms with Crippen molar-refractivity contribution in [3.05, 3.63) is 34.4 Å². The average molecular weight is 261 g/mol. The molecule has 0 bridgehead atoms. The minimum Gasteiger partial charge on any atom is -0.306 e. The molecule has 2 N–H and O–H groups in total. The second-order valence-corrected chi connectivity index (χ2v) is 5.02. The van der Waals surface area contributed by atoms with Gasteiger partial charge in [-0.3, -0.25) is 9.78 Å². The quantitative estimate of drug-likeness (QED) is 0.869. The van der Waals surface area contributed by atoms with Crippen LogP contribution in [0.15, 0.2) is 6.20 Å². The molecule has 0 saturated heterocycles. The summed E-state index contributed by atoms with van der Waals surface area (Å²) in [7, 11) is 0. The van der Waals surface area contributed by atoms with Crippen molar-refractivity contribution in [1.82, 2.24) is 25.3 Å². The molecule has 0 aliphatic rings. The van der Waals surface area contributed by atoms with Gasteiger partial charge in [-0.05, 0) is 34.6 Å². The molecule has 2 aromatic heterocycles. The first-order valence-electron chi connectivity index (χ1n) is 6.80. The lowest BCUT2D eigenvalue weighted by molar-refractivity contribution is 0.565. The van der Waals surface area contributed by atoms with Gasteiger partial charge in [0.25, 0.3) is 0 Å². The lowest BCUT2D eigenvalue weighted by Gasteiger charge is -2.14. The molecule has 19 heavy (non-hydrogen) atoms. The van der Waals surface area contributed by atoms with E-state index in [2.05, 4.69) is 53.0 Å². The van der Waals surface area contributed by atoms with Crippen molar-refractivity contribution in [2.45, 2.75) is 53.8 Å². The number of hydrogen-bond acceptors (Lipinski definition) is 3. The standard InChI is InChI=1S/C14H23N5/c1-6-19-12(5)14(11(4)18-19)10(3)15-7-13-8-16-17-9(13)2/h8,10,15H,6-7H2,1-5H3,(H,16,17). The molecule has 2 rings (SSSR count). The Bertz CT molecular complexity index is 552. The van der Waals surface area contributed by atoms with Gasteiger partial charge >= 0.3 is 0 Å². The van der Waals surface area contributed by atoms with E-state index in [9.17, 15) is 0 Å². The highest BCUT2D eigenvalue weighted by molar-refractivity contribution is 5.28. The molecule has 0 amide bonds. The Hall–Kier alpha value is -1.62. The van der Waals surface area contributed by atoms with Gasteiger partial charge in [-0.1, -0.05) is 0 Å². The molecule has 0 aliphatic carbocycles. The van der Waals surface area contributed by atoms with Crippen LogP contribution in [-0.2, 0) is 13.1 Å². The van der Waals surface area contributed by atoms with Gasteiger partial charge in [0, 0.05) is 41.6 Å². The van der Waals surface area contributed by atoms with Gasteiger partial charge in [-0.25, -0.2) is 0 Å². The summed E-state index contributed by atoms with van der Waals surface area (Å²) in [5.41, 5.74) is 6.01. The fourth-order valence-electron chi connectivity index (χ4n) is 2.56. The molecule has 0 radical (unpaired) electrons. The molecule has 0 aliphatic heterocycles. The molecular weight excluding hydrogens is 238 g/mol.